The van der Waals surface area contributed by atoms with E-state index in [9.17, 15) is 0 Å². The van der Waals surface area contributed by atoms with Crippen molar-refractivity contribution in [3.05, 3.63) is 35.4 Å². The molecule has 1 aliphatic heterocycles. The van der Waals surface area contributed by atoms with Gasteiger partial charge in [-0.2, -0.15) is 0 Å². The van der Waals surface area contributed by atoms with Crippen LogP contribution in [0.4, 0.5) is 0 Å². The van der Waals surface area contributed by atoms with Crippen molar-refractivity contribution in [2.24, 2.45) is 5.73 Å². The Morgan fingerprint density at radius 1 is 1.47 bits per heavy atom. The van der Waals surface area contributed by atoms with E-state index in [4.69, 9.17) is 22.7 Å². The van der Waals surface area contributed by atoms with Crippen molar-refractivity contribution in [3.8, 4) is 0 Å². The molecule has 1 aliphatic rings. The predicted molar refractivity (Wildman–Crippen MR) is 82.2 cm³/mol. The molecule has 4 heteroatoms. The summed E-state index contributed by atoms with van der Waals surface area (Å²) in [6, 6.07) is 8.10. The summed E-state index contributed by atoms with van der Waals surface area (Å²) in [5, 5.41) is 0. The predicted octanol–water partition coefficient (Wildman–Crippen LogP) is 2.32. The summed E-state index contributed by atoms with van der Waals surface area (Å²) >= 11 is 5.12. The van der Waals surface area contributed by atoms with Crippen molar-refractivity contribution < 1.29 is 4.74 Å². The first-order valence-corrected chi connectivity index (χ1v) is 7.06. The van der Waals surface area contributed by atoms with Gasteiger partial charge in [-0.25, -0.2) is 0 Å². The van der Waals surface area contributed by atoms with E-state index in [1.165, 1.54) is 5.56 Å². The number of nitrogens with zero attached hydrogens (tertiary/aromatic N) is 1. The van der Waals surface area contributed by atoms with Gasteiger partial charge in [0.05, 0.1) is 11.7 Å². The fourth-order valence-corrected chi connectivity index (χ4v) is 3.04. The molecule has 1 fully saturated rings. The van der Waals surface area contributed by atoms with Crippen molar-refractivity contribution in [3.63, 3.8) is 0 Å². The average molecular weight is 278 g/mol. The summed E-state index contributed by atoms with van der Waals surface area (Å²) in [5.41, 5.74) is 7.86. The second-order valence-corrected chi connectivity index (χ2v) is 6.32. The number of morpholine rings is 1. The van der Waals surface area contributed by atoms with E-state index in [2.05, 4.69) is 31.7 Å². The Hall–Kier alpha value is -0.970. The highest BCUT2D eigenvalue weighted by Crippen LogP contribution is 2.23. The Morgan fingerprint density at radius 2 is 2.16 bits per heavy atom. The molecule has 0 bridgehead atoms. The zero-order valence-corrected chi connectivity index (χ0v) is 12.7. The minimum Gasteiger partial charge on any atom is -0.389 e. The number of nitrogens with two attached hydrogens (primary N) is 1. The van der Waals surface area contributed by atoms with Crippen LogP contribution in [0, 0.1) is 0 Å². The third kappa shape index (κ3) is 3.75. The highest BCUT2D eigenvalue weighted by atomic mass is 32.1. The molecule has 2 N–H and O–H groups in total. The van der Waals surface area contributed by atoms with Crippen molar-refractivity contribution in [1.29, 1.82) is 0 Å². The van der Waals surface area contributed by atoms with Crippen LogP contribution in [0.3, 0.4) is 0 Å². The maximum atomic E-state index is 5.93. The van der Waals surface area contributed by atoms with Gasteiger partial charge in [0.2, 0.25) is 0 Å². The minimum atomic E-state index is -0.101. The van der Waals surface area contributed by atoms with Crippen LogP contribution in [0.2, 0.25) is 0 Å². The molecule has 0 aliphatic carbocycles. The van der Waals surface area contributed by atoms with Gasteiger partial charge in [-0.1, -0.05) is 36.5 Å². The molecule has 104 valence electrons. The molecule has 1 aromatic carbocycles. The lowest BCUT2D eigenvalue weighted by atomic mass is 10.0. The molecule has 1 aromatic rings. The van der Waals surface area contributed by atoms with Gasteiger partial charge in [0.25, 0.3) is 0 Å². The number of rotatable bonds is 3. The Bertz CT molecular complexity index is 473. The van der Waals surface area contributed by atoms with E-state index < -0.39 is 0 Å². The van der Waals surface area contributed by atoms with Crippen LogP contribution in [0.25, 0.3) is 0 Å². The highest BCUT2D eigenvalue weighted by molar-refractivity contribution is 7.80. The fourth-order valence-electron chi connectivity index (χ4n) is 2.85. The second-order valence-electron chi connectivity index (χ2n) is 5.88. The Balaban J connectivity index is 2.15. The third-order valence-corrected chi connectivity index (χ3v) is 3.54. The zero-order chi connectivity index (χ0) is 14.0. The highest BCUT2D eigenvalue weighted by Gasteiger charge is 2.31. The molecule has 1 saturated heterocycles. The first kappa shape index (κ1) is 14.4. The largest absolute Gasteiger partial charge is 0.389 e. The number of hydrogen-bond acceptors (Lipinski definition) is 3. The maximum Gasteiger partial charge on any atom is 0.104 e. The summed E-state index contributed by atoms with van der Waals surface area (Å²) < 4.78 is 5.93. The zero-order valence-electron chi connectivity index (χ0n) is 11.8. The first-order chi connectivity index (χ1) is 8.87. The van der Waals surface area contributed by atoms with E-state index in [1.54, 1.807) is 0 Å². The number of thiocarbonyl (C=S) groups is 1. The molecular formula is C15H22N2OS. The second kappa shape index (κ2) is 5.57. The SMILES string of the molecule is CC1CN(Cc2ccccc2C(N)=S)CC(C)(C)O1. The molecule has 0 radical (unpaired) electrons. The molecule has 3 nitrogen and oxygen atoms in total. The lowest BCUT2D eigenvalue weighted by molar-refractivity contribution is -0.130. The minimum absolute atomic E-state index is 0.101. The maximum absolute atomic E-state index is 5.93. The lowest BCUT2D eigenvalue weighted by Gasteiger charge is -2.42. The van der Waals surface area contributed by atoms with Crippen LogP contribution in [0.5, 0.6) is 0 Å². The van der Waals surface area contributed by atoms with Crippen LogP contribution >= 0.6 is 12.2 Å². The number of benzene rings is 1. The Labute approximate surface area is 120 Å². The molecule has 1 atom stereocenters. The van der Waals surface area contributed by atoms with E-state index in [-0.39, 0.29) is 11.7 Å². The van der Waals surface area contributed by atoms with Crippen molar-refractivity contribution in [2.75, 3.05) is 13.1 Å². The van der Waals surface area contributed by atoms with E-state index in [0.717, 1.165) is 25.2 Å². The van der Waals surface area contributed by atoms with E-state index >= 15 is 0 Å². The molecule has 0 amide bonds. The van der Waals surface area contributed by atoms with E-state index in [0.29, 0.717) is 4.99 Å². The van der Waals surface area contributed by atoms with Gasteiger partial charge in [0.15, 0.2) is 0 Å². The molecule has 0 saturated carbocycles. The Kier molecular flexibility index (Phi) is 4.23. The first-order valence-electron chi connectivity index (χ1n) is 6.65. The molecule has 0 spiro atoms. The van der Waals surface area contributed by atoms with Crippen molar-refractivity contribution in [1.82, 2.24) is 4.90 Å². The number of ether oxygens (including phenoxy) is 1. The standard InChI is InChI=1S/C15H22N2OS/c1-11-8-17(10-15(2,3)18-11)9-12-6-4-5-7-13(12)14(16)19/h4-7,11H,8-10H2,1-3H3,(H2,16,19). The fraction of sp³-hybridized carbons (Fsp3) is 0.533. The van der Waals surface area contributed by atoms with Gasteiger partial charge in [0.1, 0.15) is 4.99 Å². The van der Waals surface area contributed by atoms with Crippen LogP contribution in [0.15, 0.2) is 24.3 Å². The summed E-state index contributed by atoms with van der Waals surface area (Å²) in [4.78, 5) is 2.88. The van der Waals surface area contributed by atoms with Crippen LogP contribution in [0.1, 0.15) is 31.9 Å². The topological polar surface area (TPSA) is 38.5 Å². The Morgan fingerprint density at radius 3 is 2.79 bits per heavy atom. The monoisotopic (exact) mass is 278 g/mol. The van der Waals surface area contributed by atoms with Gasteiger partial charge < -0.3 is 10.5 Å². The average Bonchev–Trinajstić information content (AvgIpc) is 2.26. The molecule has 1 unspecified atom stereocenters. The molecule has 0 aromatic heterocycles. The van der Waals surface area contributed by atoms with Crippen molar-refractivity contribution >= 4 is 17.2 Å². The smallest absolute Gasteiger partial charge is 0.104 e. The van der Waals surface area contributed by atoms with Gasteiger partial charge in [-0.3, -0.25) is 4.90 Å². The van der Waals surface area contributed by atoms with Gasteiger partial charge in [-0.05, 0) is 26.3 Å². The quantitative estimate of drug-likeness (QED) is 0.861. The van der Waals surface area contributed by atoms with Gasteiger partial charge >= 0.3 is 0 Å². The third-order valence-electron chi connectivity index (χ3n) is 3.32. The lowest BCUT2D eigenvalue weighted by Crippen LogP contribution is -2.51. The summed E-state index contributed by atoms with van der Waals surface area (Å²) in [6.45, 7) is 9.11. The van der Waals surface area contributed by atoms with Crippen LogP contribution in [-0.4, -0.2) is 34.7 Å². The van der Waals surface area contributed by atoms with Crippen LogP contribution < -0.4 is 5.73 Å². The normalized spacial score (nSPS) is 23.2. The van der Waals surface area contributed by atoms with Gasteiger partial charge in [0, 0.05) is 25.2 Å². The van der Waals surface area contributed by atoms with Crippen molar-refractivity contribution in [2.45, 2.75) is 39.0 Å². The molecular weight excluding hydrogens is 256 g/mol. The number of hydrogen-bond donors (Lipinski definition) is 1. The summed E-state index contributed by atoms with van der Waals surface area (Å²) in [5.74, 6) is 0. The molecule has 1 heterocycles. The van der Waals surface area contributed by atoms with E-state index in [1.807, 2.05) is 18.2 Å². The van der Waals surface area contributed by atoms with Gasteiger partial charge in [-0.15, -0.1) is 0 Å². The molecule has 2 rings (SSSR count). The summed E-state index contributed by atoms with van der Waals surface area (Å²) in [6.07, 6.45) is 0.251. The van der Waals surface area contributed by atoms with Crippen LogP contribution in [-0.2, 0) is 11.3 Å². The molecule has 19 heavy (non-hydrogen) atoms. The summed E-state index contributed by atoms with van der Waals surface area (Å²) in [7, 11) is 0.